The number of rotatable bonds is 7. The van der Waals surface area contributed by atoms with Crippen molar-refractivity contribution in [3.63, 3.8) is 0 Å². The molecule has 0 amide bonds. The van der Waals surface area contributed by atoms with E-state index in [4.69, 9.17) is 0 Å². The molecule has 2 atom stereocenters. The van der Waals surface area contributed by atoms with E-state index in [2.05, 4.69) is 4.74 Å². The molecule has 0 heterocycles. The first-order valence-electron chi connectivity index (χ1n) is 7.29. The minimum absolute atomic E-state index is 0.219. The second-order valence-electron chi connectivity index (χ2n) is 6.01. The Morgan fingerprint density at radius 1 is 1.17 bits per heavy atom. The summed E-state index contributed by atoms with van der Waals surface area (Å²) in [6.07, 6.45) is -10.4. The second kappa shape index (κ2) is 6.94. The van der Waals surface area contributed by atoms with Crippen LogP contribution in [0.25, 0.3) is 0 Å². The van der Waals surface area contributed by atoms with Crippen molar-refractivity contribution < 1.29 is 36.6 Å². The van der Waals surface area contributed by atoms with Crippen LogP contribution in [-0.2, 0) is 4.79 Å². The monoisotopic (exact) mass is 354 g/mol. The Morgan fingerprint density at radius 2 is 1.67 bits per heavy atom. The van der Waals surface area contributed by atoms with E-state index in [1.54, 1.807) is 20.8 Å². The van der Waals surface area contributed by atoms with E-state index in [0.717, 1.165) is 12.1 Å². The summed E-state index contributed by atoms with van der Waals surface area (Å²) in [6.45, 7) is 5.11. The van der Waals surface area contributed by atoms with Crippen LogP contribution < -0.4 is 4.74 Å². The van der Waals surface area contributed by atoms with Gasteiger partial charge >= 0.3 is 18.3 Å². The number of ether oxygens (including phenoxy) is 1. The average molecular weight is 354 g/mol. The van der Waals surface area contributed by atoms with Gasteiger partial charge in [0.1, 0.15) is 5.75 Å². The molecule has 24 heavy (non-hydrogen) atoms. The Morgan fingerprint density at radius 3 is 2.04 bits per heavy atom. The second-order valence-corrected chi connectivity index (χ2v) is 6.01. The number of carboxylic acid groups (broad SMARTS) is 1. The van der Waals surface area contributed by atoms with Gasteiger partial charge in [-0.25, -0.2) is 0 Å². The molecular formula is C16H19F5O3. The van der Waals surface area contributed by atoms with Crippen molar-refractivity contribution in [3.8, 4) is 5.75 Å². The maximum atomic E-state index is 12.8. The fourth-order valence-electron chi connectivity index (χ4n) is 2.25. The lowest BCUT2D eigenvalue weighted by Gasteiger charge is -2.27. The highest BCUT2D eigenvalue weighted by atomic mass is 19.4. The molecule has 0 aliphatic carbocycles. The van der Waals surface area contributed by atoms with Gasteiger partial charge in [-0.05, 0) is 43.4 Å². The SMILES string of the molecule is CCC(C)(CC(C)c1ccc(OC(F)(F)C(F)(F)F)cc1)C(=O)O. The maximum absolute atomic E-state index is 12.8. The van der Waals surface area contributed by atoms with Gasteiger partial charge in [-0.1, -0.05) is 26.0 Å². The third-order valence-corrected chi connectivity index (χ3v) is 4.08. The number of halogens is 5. The Labute approximate surface area is 136 Å². The quantitative estimate of drug-likeness (QED) is 0.683. The third kappa shape index (κ3) is 4.58. The summed E-state index contributed by atoms with van der Waals surface area (Å²) in [5, 5.41) is 9.27. The van der Waals surface area contributed by atoms with Crippen LogP contribution in [0, 0.1) is 5.41 Å². The molecule has 0 saturated heterocycles. The molecule has 0 aliphatic rings. The summed E-state index contributed by atoms with van der Waals surface area (Å²) in [6, 6.07) is 4.72. The molecule has 0 aliphatic heterocycles. The van der Waals surface area contributed by atoms with Gasteiger partial charge in [-0.3, -0.25) is 4.79 Å². The molecule has 136 valence electrons. The highest BCUT2D eigenvalue weighted by molar-refractivity contribution is 5.74. The summed E-state index contributed by atoms with van der Waals surface area (Å²) in [4.78, 5) is 11.3. The largest absolute Gasteiger partial charge is 0.499 e. The topological polar surface area (TPSA) is 46.5 Å². The number of benzene rings is 1. The molecule has 0 radical (unpaired) electrons. The standard InChI is InChI=1S/C16H19F5O3/c1-4-14(3,13(22)23)9-10(2)11-5-7-12(8-6-11)24-16(20,21)15(17,18)19/h5-8,10H,4,9H2,1-3H3,(H,22,23). The normalized spacial score (nSPS) is 16.3. The smallest absolute Gasteiger partial charge is 0.481 e. The van der Waals surface area contributed by atoms with Crippen molar-refractivity contribution in [2.24, 2.45) is 5.41 Å². The Kier molecular flexibility index (Phi) is 5.84. The minimum atomic E-state index is -5.80. The van der Waals surface area contributed by atoms with Crippen molar-refractivity contribution in [2.75, 3.05) is 0 Å². The molecule has 0 saturated carbocycles. The first-order chi connectivity index (χ1) is 10.8. The van der Waals surface area contributed by atoms with Crippen LogP contribution in [0.5, 0.6) is 5.75 Å². The number of aliphatic carboxylic acids is 1. The average Bonchev–Trinajstić information content (AvgIpc) is 2.45. The molecule has 1 rings (SSSR count). The first kappa shape index (κ1) is 20.2. The van der Waals surface area contributed by atoms with Gasteiger partial charge < -0.3 is 9.84 Å². The van der Waals surface area contributed by atoms with Crippen molar-refractivity contribution in [3.05, 3.63) is 29.8 Å². The fourth-order valence-corrected chi connectivity index (χ4v) is 2.25. The predicted octanol–water partition coefficient (Wildman–Crippen LogP) is 5.22. The van der Waals surface area contributed by atoms with Crippen molar-refractivity contribution >= 4 is 5.97 Å². The first-order valence-corrected chi connectivity index (χ1v) is 7.29. The molecule has 1 aromatic rings. The molecule has 0 bridgehead atoms. The van der Waals surface area contributed by atoms with Gasteiger partial charge in [-0.15, -0.1) is 0 Å². The summed E-state index contributed by atoms with van der Waals surface area (Å²) >= 11 is 0. The van der Waals surface area contributed by atoms with E-state index in [9.17, 15) is 31.9 Å². The molecule has 3 nitrogen and oxygen atoms in total. The Bertz CT molecular complexity index is 568. The number of hydrogen-bond donors (Lipinski definition) is 1. The van der Waals surface area contributed by atoms with Gasteiger partial charge in [-0.2, -0.15) is 22.0 Å². The lowest BCUT2D eigenvalue weighted by Crippen LogP contribution is -2.41. The minimum Gasteiger partial charge on any atom is -0.481 e. The molecule has 0 fully saturated rings. The van der Waals surface area contributed by atoms with Crippen LogP contribution in [0.4, 0.5) is 22.0 Å². The van der Waals surface area contributed by atoms with Crippen molar-refractivity contribution in [2.45, 2.75) is 51.8 Å². The van der Waals surface area contributed by atoms with E-state index in [1.165, 1.54) is 12.1 Å². The maximum Gasteiger partial charge on any atom is 0.499 e. The summed E-state index contributed by atoms with van der Waals surface area (Å²) < 4.78 is 65.6. The molecule has 0 aromatic heterocycles. The lowest BCUT2D eigenvalue weighted by molar-refractivity contribution is -0.360. The molecule has 8 heteroatoms. The highest BCUT2D eigenvalue weighted by Crippen LogP contribution is 2.38. The molecule has 1 N–H and O–H groups in total. The number of carbonyl (C=O) groups is 1. The molecule has 0 spiro atoms. The van der Waals surface area contributed by atoms with Crippen LogP contribution in [0.1, 0.15) is 45.1 Å². The Hall–Kier alpha value is -1.86. The van der Waals surface area contributed by atoms with E-state index in [1.807, 2.05) is 0 Å². The van der Waals surface area contributed by atoms with Crippen LogP contribution in [0.15, 0.2) is 24.3 Å². The summed E-state index contributed by atoms with van der Waals surface area (Å²) in [5.41, 5.74) is -0.323. The van der Waals surface area contributed by atoms with Gasteiger partial charge in [0.05, 0.1) is 5.41 Å². The Balaban J connectivity index is 2.86. The van der Waals surface area contributed by atoms with E-state index >= 15 is 0 Å². The number of carboxylic acids is 1. The number of hydrogen-bond acceptors (Lipinski definition) is 2. The van der Waals surface area contributed by atoms with Crippen LogP contribution in [0.2, 0.25) is 0 Å². The van der Waals surface area contributed by atoms with Crippen LogP contribution >= 0.6 is 0 Å². The van der Waals surface area contributed by atoms with Gasteiger partial charge in [0.2, 0.25) is 0 Å². The zero-order valence-electron chi connectivity index (χ0n) is 13.5. The fraction of sp³-hybridized carbons (Fsp3) is 0.562. The molecule has 2 unspecified atom stereocenters. The van der Waals surface area contributed by atoms with Crippen molar-refractivity contribution in [1.82, 2.24) is 0 Å². The molecule has 1 aromatic carbocycles. The van der Waals surface area contributed by atoms with Crippen LogP contribution in [-0.4, -0.2) is 23.4 Å². The van der Waals surface area contributed by atoms with Crippen LogP contribution in [0.3, 0.4) is 0 Å². The zero-order chi connectivity index (χ0) is 18.8. The van der Waals surface area contributed by atoms with Crippen molar-refractivity contribution in [1.29, 1.82) is 0 Å². The highest BCUT2D eigenvalue weighted by Gasteiger charge is 2.61. The van der Waals surface area contributed by atoms with E-state index < -0.39 is 29.4 Å². The van der Waals surface area contributed by atoms with Gasteiger partial charge in [0.15, 0.2) is 0 Å². The summed E-state index contributed by atoms with van der Waals surface area (Å²) in [5.74, 6) is -1.78. The number of alkyl halides is 5. The predicted molar refractivity (Wildman–Crippen MR) is 77.1 cm³/mol. The summed E-state index contributed by atoms with van der Waals surface area (Å²) in [7, 11) is 0. The van der Waals surface area contributed by atoms with E-state index in [-0.39, 0.29) is 5.92 Å². The zero-order valence-corrected chi connectivity index (χ0v) is 13.5. The van der Waals surface area contributed by atoms with E-state index in [0.29, 0.717) is 18.4 Å². The molecular weight excluding hydrogens is 335 g/mol. The van der Waals surface area contributed by atoms with Gasteiger partial charge in [0.25, 0.3) is 0 Å². The lowest BCUT2D eigenvalue weighted by atomic mass is 9.77. The third-order valence-electron chi connectivity index (χ3n) is 4.08. The van der Waals surface area contributed by atoms with Gasteiger partial charge in [0, 0.05) is 0 Å².